The van der Waals surface area contributed by atoms with Gasteiger partial charge in [0.15, 0.2) is 0 Å². The number of thiophene rings is 1. The number of anilines is 2. The van der Waals surface area contributed by atoms with E-state index in [2.05, 4.69) is 32.2 Å². The Balaban J connectivity index is 1.76. The molecule has 0 saturated heterocycles. The highest BCUT2D eigenvalue weighted by Crippen LogP contribution is 2.36. The average Bonchev–Trinajstić information content (AvgIpc) is 3.30. The van der Waals surface area contributed by atoms with Crippen LogP contribution in [0.2, 0.25) is 0 Å². The Morgan fingerprint density at radius 3 is 2.19 bits per heavy atom. The second-order valence-corrected chi connectivity index (χ2v) is 9.86. The molecule has 3 aromatic rings. The predicted molar refractivity (Wildman–Crippen MR) is 128 cm³/mol. The number of nitrogens with one attached hydrogen (secondary N) is 1. The van der Waals surface area contributed by atoms with E-state index in [-0.39, 0.29) is 17.2 Å². The standard InChI is InChI=1S/C26H26N2O2S/c1-16-8-13-20(17(2)15-16)27-23-22(21-7-6-14-31-21)24(29)28(25(23)30)19-11-9-18(10-12-19)26(3,4)5/h6-15,27H,1-5H3. The third-order valence-corrected chi connectivity index (χ3v) is 6.37. The molecule has 4 rings (SSSR count). The van der Waals surface area contributed by atoms with Gasteiger partial charge in [0.2, 0.25) is 0 Å². The first-order chi connectivity index (χ1) is 14.7. The molecule has 0 bridgehead atoms. The van der Waals surface area contributed by atoms with Crippen molar-refractivity contribution in [2.24, 2.45) is 0 Å². The Kier molecular flexibility index (Phi) is 5.31. The van der Waals surface area contributed by atoms with Crippen LogP contribution in [0.15, 0.2) is 65.7 Å². The van der Waals surface area contributed by atoms with Crippen LogP contribution in [0.25, 0.3) is 5.57 Å². The summed E-state index contributed by atoms with van der Waals surface area (Å²) in [6.45, 7) is 10.4. The Labute approximate surface area is 187 Å². The number of benzene rings is 2. The van der Waals surface area contributed by atoms with Crippen molar-refractivity contribution < 1.29 is 9.59 Å². The zero-order valence-corrected chi connectivity index (χ0v) is 19.3. The van der Waals surface area contributed by atoms with Crippen molar-refractivity contribution in [1.29, 1.82) is 0 Å². The van der Waals surface area contributed by atoms with Crippen LogP contribution in [0.4, 0.5) is 11.4 Å². The number of carbonyl (C=O) groups is 2. The number of aryl methyl sites for hydroxylation is 2. The zero-order valence-electron chi connectivity index (χ0n) is 18.4. The number of imide groups is 1. The summed E-state index contributed by atoms with van der Waals surface area (Å²) >= 11 is 1.45. The molecule has 0 aliphatic carbocycles. The largest absolute Gasteiger partial charge is 0.350 e. The zero-order chi connectivity index (χ0) is 22.3. The molecule has 0 spiro atoms. The molecule has 0 atom stereocenters. The highest BCUT2D eigenvalue weighted by Gasteiger charge is 2.40. The first-order valence-corrected chi connectivity index (χ1v) is 11.2. The fraction of sp³-hybridized carbons (Fsp3) is 0.231. The fourth-order valence-corrected chi connectivity index (χ4v) is 4.50. The first-order valence-electron chi connectivity index (χ1n) is 10.3. The normalized spacial score (nSPS) is 14.5. The number of carbonyl (C=O) groups excluding carboxylic acids is 2. The molecule has 4 nitrogen and oxygen atoms in total. The molecule has 2 aromatic carbocycles. The maximum atomic E-state index is 13.5. The third kappa shape index (κ3) is 3.93. The van der Waals surface area contributed by atoms with Gasteiger partial charge in [-0.05, 0) is 60.0 Å². The summed E-state index contributed by atoms with van der Waals surface area (Å²) in [6.07, 6.45) is 0. The van der Waals surface area contributed by atoms with Crippen molar-refractivity contribution in [2.45, 2.75) is 40.0 Å². The fourth-order valence-electron chi connectivity index (χ4n) is 3.73. The molecule has 1 aliphatic rings. The minimum Gasteiger partial charge on any atom is -0.350 e. The summed E-state index contributed by atoms with van der Waals surface area (Å²) < 4.78 is 0. The molecule has 0 radical (unpaired) electrons. The number of amides is 2. The lowest BCUT2D eigenvalue weighted by Crippen LogP contribution is -2.32. The summed E-state index contributed by atoms with van der Waals surface area (Å²) in [5, 5.41) is 5.18. The highest BCUT2D eigenvalue weighted by molar-refractivity contribution is 7.11. The van der Waals surface area contributed by atoms with Gasteiger partial charge in [-0.1, -0.05) is 56.7 Å². The molecule has 1 aromatic heterocycles. The lowest BCUT2D eigenvalue weighted by molar-refractivity contribution is -0.120. The summed E-state index contributed by atoms with van der Waals surface area (Å²) in [5.74, 6) is -0.639. The number of hydrogen-bond donors (Lipinski definition) is 1. The molecule has 5 heteroatoms. The Morgan fingerprint density at radius 2 is 1.61 bits per heavy atom. The summed E-state index contributed by atoms with van der Waals surface area (Å²) in [5.41, 5.74) is 5.44. The molecule has 2 heterocycles. The minimum atomic E-state index is -0.336. The smallest absolute Gasteiger partial charge is 0.282 e. The van der Waals surface area contributed by atoms with Crippen LogP contribution >= 0.6 is 11.3 Å². The average molecular weight is 431 g/mol. The van der Waals surface area contributed by atoms with Crippen molar-refractivity contribution in [1.82, 2.24) is 0 Å². The summed E-state index contributed by atoms with van der Waals surface area (Å²) in [4.78, 5) is 29.0. The van der Waals surface area contributed by atoms with Gasteiger partial charge in [0.1, 0.15) is 5.70 Å². The van der Waals surface area contributed by atoms with Gasteiger partial charge in [-0.15, -0.1) is 11.3 Å². The molecule has 2 amide bonds. The lowest BCUT2D eigenvalue weighted by atomic mass is 9.87. The Morgan fingerprint density at radius 1 is 0.903 bits per heavy atom. The topological polar surface area (TPSA) is 49.4 Å². The van der Waals surface area contributed by atoms with Crippen molar-refractivity contribution in [3.05, 3.63) is 87.2 Å². The van der Waals surface area contributed by atoms with Crippen molar-refractivity contribution in [3.8, 4) is 0 Å². The lowest BCUT2D eigenvalue weighted by Gasteiger charge is -2.21. The second kappa shape index (κ2) is 7.82. The Hall–Kier alpha value is -3.18. The molecular weight excluding hydrogens is 404 g/mol. The van der Waals surface area contributed by atoms with Crippen molar-refractivity contribution in [2.75, 3.05) is 10.2 Å². The maximum absolute atomic E-state index is 13.5. The van der Waals surface area contributed by atoms with Gasteiger partial charge in [0.05, 0.1) is 11.3 Å². The van der Waals surface area contributed by atoms with Gasteiger partial charge < -0.3 is 5.32 Å². The van der Waals surface area contributed by atoms with E-state index in [1.165, 1.54) is 16.2 Å². The van der Waals surface area contributed by atoms with E-state index in [0.717, 1.165) is 27.3 Å². The number of nitrogens with zero attached hydrogens (tertiary/aromatic N) is 1. The van der Waals surface area contributed by atoms with Gasteiger partial charge in [-0.25, -0.2) is 4.90 Å². The van der Waals surface area contributed by atoms with Crippen LogP contribution < -0.4 is 10.2 Å². The summed E-state index contributed by atoms with van der Waals surface area (Å²) in [7, 11) is 0. The number of hydrogen-bond acceptors (Lipinski definition) is 4. The molecule has 0 saturated carbocycles. The van der Waals surface area contributed by atoms with Crippen LogP contribution in [0.1, 0.15) is 42.3 Å². The molecule has 1 aliphatic heterocycles. The SMILES string of the molecule is Cc1ccc(NC2=C(c3cccs3)C(=O)N(c3ccc(C(C)(C)C)cc3)C2=O)c(C)c1. The van der Waals surface area contributed by atoms with E-state index in [9.17, 15) is 9.59 Å². The van der Waals surface area contributed by atoms with Gasteiger partial charge in [0, 0.05) is 10.6 Å². The van der Waals surface area contributed by atoms with Crippen LogP contribution in [-0.2, 0) is 15.0 Å². The van der Waals surface area contributed by atoms with Crippen LogP contribution in [0.3, 0.4) is 0 Å². The van der Waals surface area contributed by atoms with E-state index in [4.69, 9.17) is 0 Å². The first kappa shape index (κ1) is 21.1. The van der Waals surface area contributed by atoms with Crippen LogP contribution in [0, 0.1) is 13.8 Å². The van der Waals surface area contributed by atoms with Crippen molar-refractivity contribution in [3.63, 3.8) is 0 Å². The van der Waals surface area contributed by atoms with Gasteiger partial charge in [0.25, 0.3) is 11.8 Å². The second-order valence-electron chi connectivity index (χ2n) is 8.91. The van der Waals surface area contributed by atoms with Crippen molar-refractivity contribution >= 4 is 40.1 Å². The van der Waals surface area contributed by atoms with E-state index in [0.29, 0.717) is 17.0 Å². The minimum absolute atomic E-state index is 0.00633. The van der Waals surface area contributed by atoms with E-state index < -0.39 is 0 Å². The highest BCUT2D eigenvalue weighted by atomic mass is 32.1. The predicted octanol–water partition coefficient (Wildman–Crippen LogP) is 6.06. The van der Waals surface area contributed by atoms with Gasteiger partial charge >= 0.3 is 0 Å². The molecular formula is C26H26N2O2S. The van der Waals surface area contributed by atoms with Crippen LogP contribution in [-0.4, -0.2) is 11.8 Å². The monoisotopic (exact) mass is 430 g/mol. The molecule has 158 valence electrons. The number of rotatable bonds is 4. The van der Waals surface area contributed by atoms with E-state index in [1.807, 2.05) is 67.8 Å². The van der Waals surface area contributed by atoms with Gasteiger partial charge in [-0.2, -0.15) is 0 Å². The van der Waals surface area contributed by atoms with Gasteiger partial charge in [-0.3, -0.25) is 9.59 Å². The molecule has 0 unspecified atom stereocenters. The Bertz CT molecular complexity index is 1180. The third-order valence-electron chi connectivity index (χ3n) is 5.48. The maximum Gasteiger partial charge on any atom is 0.282 e. The van der Waals surface area contributed by atoms with Crippen LogP contribution in [0.5, 0.6) is 0 Å². The molecule has 1 N–H and O–H groups in total. The molecule has 0 fully saturated rings. The molecule has 31 heavy (non-hydrogen) atoms. The van der Waals surface area contributed by atoms with E-state index >= 15 is 0 Å². The quantitative estimate of drug-likeness (QED) is 0.512. The van der Waals surface area contributed by atoms with E-state index in [1.54, 1.807) is 0 Å². The summed E-state index contributed by atoms with van der Waals surface area (Å²) in [6, 6.07) is 17.4.